The monoisotopic (exact) mass is 396 g/mol. The first-order valence-corrected chi connectivity index (χ1v) is 9.69. The number of amides is 1. The van der Waals surface area contributed by atoms with Gasteiger partial charge in [-0.1, -0.05) is 46.7 Å². The number of rotatable bonds is 4. The highest BCUT2D eigenvalue weighted by molar-refractivity contribution is 7.23. The molecule has 4 rings (SSSR count). The number of anilines is 1. The van der Waals surface area contributed by atoms with Crippen molar-refractivity contribution in [2.24, 2.45) is 0 Å². The number of carbonyl (C=O) groups is 1. The summed E-state index contributed by atoms with van der Waals surface area (Å²) in [6, 6.07) is 15.0. The summed E-state index contributed by atoms with van der Waals surface area (Å²) in [6.07, 6.45) is 1.60. The van der Waals surface area contributed by atoms with Gasteiger partial charge in [-0.3, -0.25) is 9.69 Å². The molecule has 0 aliphatic carbocycles. The van der Waals surface area contributed by atoms with Crippen LogP contribution in [0.25, 0.3) is 10.2 Å². The van der Waals surface area contributed by atoms with Crippen LogP contribution in [0.5, 0.6) is 0 Å². The van der Waals surface area contributed by atoms with Gasteiger partial charge in [-0.05, 0) is 49.7 Å². The Morgan fingerprint density at radius 2 is 1.93 bits per heavy atom. The molecule has 27 heavy (non-hydrogen) atoms. The van der Waals surface area contributed by atoms with Gasteiger partial charge >= 0.3 is 0 Å². The number of aryl methyl sites for hydroxylation is 2. The average molecular weight is 397 g/mol. The minimum atomic E-state index is -0.126. The van der Waals surface area contributed by atoms with E-state index >= 15 is 0 Å². The molecule has 2 heterocycles. The maximum absolute atomic E-state index is 13.2. The van der Waals surface area contributed by atoms with E-state index in [1.165, 1.54) is 11.3 Å². The van der Waals surface area contributed by atoms with Gasteiger partial charge in [0, 0.05) is 5.56 Å². The quantitative estimate of drug-likeness (QED) is 0.424. The highest BCUT2D eigenvalue weighted by Crippen LogP contribution is 2.36. The zero-order chi connectivity index (χ0) is 19.0. The lowest BCUT2D eigenvalue weighted by Gasteiger charge is -2.19. The highest BCUT2D eigenvalue weighted by atomic mass is 35.5. The maximum Gasteiger partial charge on any atom is 0.260 e. The third-order valence-electron chi connectivity index (χ3n) is 4.35. The molecule has 0 saturated heterocycles. The standard InChI is InChI=1S/C21H17ClN2O2S/c1-13-5-8-15(9-6-13)20(25)24(12-16-4-3-11-26-16)21-23-18-14(2)7-10-17(22)19(18)27-21/h3-11H,12H2,1-2H3. The van der Waals surface area contributed by atoms with Gasteiger partial charge in [-0.25, -0.2) is 4.98 Å². The van der Waals surface area contributed by atoms with E-state index in [1.807, 2.05) is 62.4 Å². The minimum Gasteiger partial charge on any atom is -0.467 e. The van der Waals surface area contributed by atoms with E-state index in [0.717, 1.165) is 21.3 Å². The molecule has 0 saturated carbocycles. The van der Waals surface area contributed by atoms with Gasteiger partial charge in [-0.15, -0.1) is 0 Å². The SMILES string of the molecule is Cc1ccc(C(=O)N(Cc2ccco2)c2nc3c(C)ccc(Cl)c3s2)cc1. The fourth-order valence-corrected chi connectivity index (χ4v) is 4.16. The Hall–Kier alpha value is -2.63. The normalized spacial score (nSPS) is 11.1. The Labute approximate surface area is 166 Å². The molecule has 6 heteroatoms. The van der Waals surface area contributed by atoms with Crippen molar-refractivity contribution < 1.29 is 9.21 Å². The predicted molar refractivity (Wildman–Crippen MR) is 110 cm³/mol. The summed E-state index contributed by atoms with van der Waals surface area (Å²) in [5, 5.41) is 1.24. The first kappa shape index (κ1) is 17.8. The molecule has 0 unspecified atom stereocenters. The summed E-state index contributed by atoms with van der Waals surface area (Å²) in [5.41, 5.74) is 3.56. The summed E-state index contributed by atoms with van der Waals surface area (Å²) < 4.78 is 6.35. The number of furan rings is 1. The molecule has 136 valence electrons. The molecule has 4 nitrogen and oxygen atoms in total. The van der Waals surface area contributed by atoms with Crippen molar-refractivity contribution in [3.63, 3.8) is 0 Å². The molecule has 4 aromatic rings. The molecule has 0 fully saturated rings. The number of carbonyl (C=O) groups excluding carboxylic acids is 1. The van der Waals surface area contributed by atoms with Gasteiger partial charge in [0.2, 0.25) is 0 Å². The Kier molecular flexibility index (Phi) is 4.72. The van der Waals surface area contributed by atoms with Crippen LogP contribution in [0.4, 0.5) is 5.13 Å². The first-order chi connectivity index (χ1) is 13.0. The number of halogens is 1. The van der Waals surface area contributed by atoms with Gasteiger partial charge in [0.1, 0.15) is 5.76 Å². The summed E-state index contributed by atoms with van der Waals surface area (Å²) in [4.78, 5) is 19.6. The molecule has 0 aliphatic rings. The zero-order valence-corrected chi connectivity index (χ0v) is 16.5. The highest BCUT2D eigenvalue weighted by Gasteiger charge is 2.23. The fraction of sp³-hybridized carbons (Fsp3) is 0.143. The Balaban J connectivity index is 1.80. The predicted octanol–water partition coefficient (Wildman–Crippen LogP) is 6.01. The molecule has 0 N–H and O–H groups in total. The van der Waals surface area contributed by atoms with Gasteiger partial charge in [0.25, 0.3) is 5.91 Å². The summed E-state index contributed by atoms with van der Waals surface area (Å²) in [6.45, 7) is 4.28. The molecular weight excluding hydrogens is 380 g/mol. The van der Waals surface area contributed by atoms with Crippen LogP contribution in [-0.2, 0) is 6.54 Å². The summed E-state index contributed by atoms with van der Waals surface area (Å²) in [5.74, 6) is 0.566. The third kappa shape index (κ3) is 3.48. The summed E-state index contributed by atoms with van der Waals surface area (Å²) >= 11 is 7.77. The molecule has 1 amide bonds. The van der Waals surface area contributed by atoms with Crippen molar-refractivity contribution in [1.29, 1.82) is 0 Å². The van der Waals surface area contributed by atoms with E-state index in [1.54, 1.807) is 11.2 Å². The number of aromatic nitrogens is 1. The van der Waals surface area contributed by atoms with Crippen LogP contribution in [0, 0.1) is 13.8 Å². The smallest absolute Gasteiger partial charge is 0.260 e. The number of hydrogen-bond acceptors (Lipinski definition) is 4. The topological polar surface area (TPSA) is 46.3 Å². The minimum absolute atomic E-state index is 0.126. The second-order valence-electron chi connectivity index (χ2n) is 6.38. The number of benzene rings is 2. The van der Waals surface area contributed by atoms with E-state index in [2.05, 4.69) is 0 Å². The van der Waals surface area contributed by atoms with Crippen molar-refractivity contribution in [2.75, 3.05) is 4.90 Å². The van der Waals surface area contributed by atoms with E-state index in [4.69, 9.17) is 21.0 Å². The van der Waals surface area contributed by atoms with Crippen LogP contribution in [0.15, 0.2) is 59.2 Å². The van der Waals surface area contributed by atoms with Crippen LogP contribution < -0.4 is 4.90 Å². The van der Waals surface area contributed by atoms with Crippen LogP contribution in [-0.4, -0.2) is 10.9 Å². The van der Waals surface area contributed by atoms with Crippen LogP contribution in [0.2, 0.25) is 5.02 Å². The maximum atomic E-state index is 13.2. The lowest BCUT2D eigenvalue weighted by molar-refractivity contribution is 0.0983. The molecule has 0 bridgehead atoms. The van der Waals surface area contributed by atoms with Gasteiger partial charge in [0.15, 0.2) is 5.13 Å². The van der Waals surface area contributed by atoms with Gasteiger partial charge in [-0.2, -0.15) is 0 Å². The van der Waals surface area contributed by atoms with Gasteiger partial charge < -0.3 is 4.42 Å². The van der Waals surface area contributed by atoms with E-state index in [0.29, 0.717) is 28.0 Å². The zero-order valence-electron chi connectivity index (χ0n) is 14.9. The van der Waals surface area contributed by atoms with Crippen LogP contribution in [0.1, 0.15) is 27.2 Å². The third-order valence-corrected chi connectivity index (χ3v) is 5.89. The van der Waals surface area contributed by atoms with Gasteiger partial charge in [0.05, 0.1) is 28.0 Å². The first-order valence-electron chi connectivity index (χ1n) is 8.49. The number of hydrogen-bond donors (Lipinski definition) is 0. The molecule has 0 aliphatic heterocycles. The molecule has 0 radical (unpaired) electrons. The Bertz CT molecular complexity index is 1060. The van der Waals surface area contributed by atoms with Crippen LogP contribution >= 0.6 is 22.9 Å². The number of fused-ring (bicyclic) bond motifs is 1. The second-order valence-corrected chi connectivity index (χ2v) is 7.76. The van der Waals surface area contributed by atoms with Crippen molar-refractivity contribution in [3.05, 3.63) is 82.3 Å². The Morgan fingerprint density at radius 3 is 2.59 bits per heavy atom. The average Bonchev–Trinajstić information content (AvgIpc) is 3.33. The lowest BCUT2D eigenvalue weighted by atomic mass is 10.1. The van der Waals surface area contributed by atoms with Crippen LogP contribution in [0.3, 0.4) is 0 Å². The molecule has 0 atom stereocenters. The second kappa shape index (κ2) is 7.18. The lowest BCUT2D eigenvalue weighted by Crippen LogP contribution is -2.30. The molecular formula is C21H17ClN2O2S. The van der Waals surface area contributed by atoms with E-state index in [9.17, 15) is 4.79 Å². The van der Waals surface area contributed by atoms with Crippen molar-refractivity contribution in [2.45, 2.75) is 20.4 Å². The number of nitrogens with zero attached hydrogens (tertiary/aromatic N) is 2. The number of thiazole rings is 1. The largest absolute Gasteiger partial charge is 0.467 e. The van der Waals surface area contributed by atoms with Crippen molar-refractivity contribution in [3.8, 4) is 0 Å². The summed E-state index contributed by atoms with van der Waals surface area (Å²) in [7, 11) is 0. The van der Waals surface area contributed by atoms with E-state index in [-0.39, 0.29) is 5.91 Å². The molecule has 2 aromatic carbocycles. The Morgan fingerprint density at radius 1 is 1.15 bits per heavy atom. The molecule has 2 aromatic heterocycles. The van der Waals surface area contributed by atoms with Crippen molar-refractivity contribution in [1.82, 2.24) is 4.98 Å². The van der Waals surface area contributed by atoms with E-state index < -0.39 is 0 Å². The van der Waals surface area contributed by atoms with Crippen molar-refractivity contribution >= 4 is 44.2 Å². The fourth-order valence-electron chi connectivity index (χ4n) is 2.84. The molecule has 0 spiro atoms.